The molecule has 4 nitrogen and oxygen atoms in total. The predicted molar refractivity (Wildman–Crippen MR) is 93.9 cm³/mol. The summed E-state index contributed by atoms with van der Waals surface area (Å²) in [5.74, 6) is -2.72. The number of hydrogen-bond donors (Lipinski definition) is 1. The second-order valence-electron chi connectivity index (χ2n) is 8.12. The highest BCUT2D eigenvalue weighted by Crippen LogP contribution is 2.42. The number of aryl methyl sites for hydroxylation is 1. The van der Waals surface area contributed by atoms with Crippen LogP contribution in [-0.4, -0.2) is 49.1 Å². The molecule has 1 saturated carbocycles. The number of carbonyl (C=O) groups is 1. The molecule has 0 radical (unpaired) electrons. The molecule has 4 rings (SSSR count). The van der Waals surface area contributed by atoms with Gasteiger partial charge in [0.25, 0.3) is 0 Å². The highest BCUT2D eigenvalue weighted by molar-refractivity contribution is 5.79. The second kappa shape index (κ2) is 6.89. The first-order chi connectivity index (χ1) is 12.4. The maximum Gasteiger partial charge on any atom is 0.249 e. The predicted octanol–water partition coefficient (Wildman–Crippen LogP) is 2.60. The van der Waals surface area contributed by atoms with Crippen molar-refractivity contribution in [1.29, 1.82) is 0 Å². The maximum atomic E-state index is 12.9. The number of rotatable bonds is 5. The van der Waals surface area contributed by atoms with Crippen LogP contribution in [0.3, 0.4) is 0 Å². The average molecular weight is 364 g/mol. The van der Waals surface area contributed by atoms with Gasteiger partial charge in [-0.2, -0.15) is 0 Å². The topological polar surface area (TPSA) is 41.6 Å². The zero-order valence-electron chi connectivity index (χ0n) is 15.1. The minimum atomic E-state index is -2.65. The lowest BCUT2D eigenvalue weighted by Crippen LogP contribution is -2.46. The molecular weight excluding hydrogens is 338 g/mol. The van der Waals surface area contributed by atoms with Crippen LogP contribution in [0.25, 0.3) is 0 Å². The smallest absolute Gasteiger partial charge is 0.249 e. The van der Waals surface area contributed by atoms with E-state index in [-0.39, 0.29) is 30.8 Å². The van der Waals surface area contributed by atoms with Gasteiger partial charge in [-0.1, -0.05) is 24.3 Å². The van der Waals surface area contributed by atoms with Crippen LogP contribution < -0.4 is 5.32 Å². The van der Waals surface area contributed by atoms with E-state index in [9.17, 15) is 13.6 Å². The number of nitrogens with zero attached hydrogens (tertiary/aromatic N) is 1. The first-order valence-corrected chi connectivity index (χ1v) is 9.45. The van der Waals surface area contributed by atoms with Crippen molar-refractivity contribution in [1.82, 2.24) is 10.2 Å². The number of benzene rings is 1. The molecule has 0 unspecified atom stereocenters. The van der Waals surface area contributed by atoms with E-state index in [1.54, 1.807) is 0 Å². The normalized spacial score (nSPS) is 30.8. The van der Waals surface area contributed by atoms with Gasteiger partial charge in [0.2, 0.25) is 11.8 Å². The lowest BCUT2D eigenvalue weighted by molar-refractivity contribution is -0.150. The van der Waals surface area contributed by atoms with Gasteiger partial charge in [-0.15, -0.1) is 0 Å². The summed E-state index contributed by atoms with van der Waals surface area (Å²) in [6.45, 7) is 6.10. The van der Waals surface area contributed by atoms with Gasteiger partial charge >= 0.3 is 0 Å². The average Bonchev–Trinajstić information content (AvgIpc) is 3.13. The van der Waals surface area contributed by atoms with Crippen LogP contribution in [0, 0.1) is 24.7 Å². The molecule has 6 heteroatoms. The van der Waals surface area contributed by atoms with Crippen LogP contribution in [0.2, 0.25) is 0 Å². The van der Waals surface area contributed by atoms with Gasteiger partial charge < -0.3 is 10.1 Å². The van der Waals surface area contributed by atoms with Crippen molar-refractivity contribution in [3.8, 4) is 0 Å². The Balaban J connectivity index is 1.27. The zero-order valence-corrected chi connectivity index (χ0v) is 15.1. The number of likely N-dealkylation sites (tertiary alicyclic amines) is 1. The summed E-state index contributed by atoms with van der Waals surface area (Å²) >= 11 is 0. The van der Waals surface area contributed by atoms with Gasteiger partial charge in [0.15, 0.2) is 0 Å². The summed E-state index contributed by atoms with van der Waals surface area (Å²) in [6, 6.07) is 8.41. The van der Waals surface area contributed by atoms with Crippen molar-refractivity contribution < 1.29 is 18.3 Å². The van der Waals surface area contributed by atoms with E-state index in [1.807, 2.05) is 0 Å². The molecule has 0 aromatic heterocycles. The van der Waals surface area contributed by atoms with Crippen molar-refractivity contribution >= 4 is 5.91 Å². The molecule has 3 atom stereocenters. The van der Waals surface area contributed by atoms with E-state index in [0.29, 0.717) is 19.1 Å². The van der Waals surface area contributed by atoms with E-state index < -0.39 is 11.8 Å². The Morgan fingerprint density at radius 3 is 2.81 bits per heavy atom. The summed E-state index contributed by atoms with van der Waals surface area (Å²) in [6.07, 6.45) is -0.402. The fourth-order valence-corrected chi connectivity index (χ4v) is 4.47. The van der Waals surface area contributed by atoms with Crippen molar-refractivity contribution in [2.45, 2.75) is 38.3 Å². The number of halogens is 2. The molecule has 3 aliphatic rings. The van der Waals surface area contributed by atoms with Gasteiger partial charge in [-0.05, 0) is 18.1 Å². The summed E-state index contributed by atoms with van der Waals surface area (Å²) < 4.78 is 31.8. The minimum Gasteiger partial charge on any atom is -0.376 e. The highest BCUT2D eigenvalue weighted by Gasteiger charge is 2.49. The standard InChI is InChI=1S/C20H26F2N2O2/c1-13-4-2-3-5-14(13)9-24-10-17-16(12-26-18(17)11-24)8-23-19(25)15-6-20(21,22)7-15/h2-5,15-18H,6-12H2,1H3,(H,23,25)/t16-,17-,18-/m1/s1. The molecule has 0 bridgehead atoms. The van der Waals surface area contributed by atoms with E-state index in [1.165, 1.54) is 11.1 Å². The van der Waals surface area contributed by atoms with Crippen LogP contribution in [0.15, 0.2) is 24.3 Å². The van der Waals surface area contributed by atoms with Crippen LogP contribution in [0.5, 0.6) is 0 Å². The number of ether oxygens (including phenoxy) is 1. The molecule has 3 fully saturated rings. The SMILES string of the molecule is Cc1ccccc1CN1C[C@@H]2[C@H](CNC(=O)C3CC(F)(F)C3)CO[C@@H]2C1. The third kappa shape index (κ3) is 3.62. The Hall–Kier alpha value is -1.53. The van der Waals surface area contributed by atoms with E-state index in [2.05, 4.69) is 41.4 Å². The van der Waals surface area contributed by atoms with Gasteiger partial charge in [0.05, 0.1) is 12.7 Å². The molecule has 1 amide bonds. The zero-order chi connectivity index (χ0) is 18.3. The Morgan fingerprint density at radius 2 is 2.08 bits per heavy atom. The van der Waals surface area contributed by atoms with Gasteiger partial charge in [0.1, 0.15) is 0 Å². The van der Waals surface area contributed by atoms with Crippen molar-refractivity contribution in [2.24, 2.45) is 17.8 Å². The molecule has 142 valence electrons. The first-order valence-electron chi connectivity index (χ1n) is 9.45. The molecule has 0 spiro atoms. The Bertz CT molecular complexity index is 674. The largest absolute Gasteiger partial charge is 0.376 e. The molecule has 1 aromatic rings. The lowest BCUT2D eigenvalue weighted by Gasteiger charge is -2.34. The van der Waals surface area contributed by atoms with E-state index >= 15 is 0 Å². The summed E-state index contributed by atoms with van der Waals surface area (Å²) in [5, 5.41) is 2.88. The Kier molecular flexibility index (Phi) is 4.73. The Morgan fingerprint density at radius 1 is 1.31 bits per heavy atom. The molecule has 1 aliphatic carbocycles. The van der Waals surface area contributed by atoms with Gasteiger partial charge in [-0.3, -0.25) is 9.69 Å². The fraction of sp³-hybridized carbons (Fsp3) is 0.650. The number of hydrogen-bond acceptors (Lipinski definition) is 3. The number of carbonyl (C=O) groups excluding carboxylic acids is 1. The molecule has 2 saturated heterocycles. The molecule has 2 aliphatic heterocycles. The second-order valence-corrected chi connectivity index (χ2v) is 8.12. The molecule has 1 N–H and O–H groups in total. The Labute approximate surface area is 152 Å². The first kappa shape index (κ1) is 17.9. The lowest BCUT2D eigenvalue weighted by atomic mass is 9.80. The highest BCUT2D eigenvalue weighted by atomic mass is 19.3. The monoisotopic (exact) mass is 364 g/mol. The molecule has 26 heavy (non-hydrogen) atoms. The van der Waals surface area contributed by atoms with Gasteiger partial charge in [0, 0.05) is 56.8 Å². The fourth-order valence-electron chi connectivity index (χ4n) is 4.47. The number of nitrogens with one attached hydrogen (secondary N) is 1. The minimum absolute atomic E-state index is 0.217. The number of fused-ring (bicyclic) bond motifs is 1. The molecule has 2 heterocycles. The molecule has 1 aromatic carbocycles. The summed E-state index contributed by atoms with van der Waals surface area (Å²) in [4.78, 5) is 14.4. The van der Waals surface area contributed by atoms with Crippen molar-refractivity contribution in [2.75, 3.05) is 26.2 Å². The third-order valence-corrected chi connectivity index (χ3v) is 6.17. The van der Waals surface area contributed by atoms with E-state index in [4.69, 9.17) is 4.74 Å². The number of amides is 1. The van der Waals surface area contributed by atoms with Crippen LogP contribution in [0.1, 0.15) is 24.0 Å². The van der Waals surface area contributed by atoms with Crippen LogP contribution >= 0.6 is 0 Å². The van der Waals surface area contributed by atoms with Gasteiger partial charge in [-0.25, -0.2) is 8.78 Å². The van der Waals surface area contributed by atoms with Crippen LogP contribution in [-0.2, 0) is 16.1 Å². The number of alkyl halides is 2. The third-order valence-electron chi connectivity index (χ3n) is 6.17. The van der Waals surface area contributed by atoms with Crippen LogP contribution in [0.4, 0.5) is 8.78 Å². The quantitative estimate of drug-likeness (QED) is 0.873. The van der Waals surface area contributed by atoms with E-state index in [0.717, 1.165) is 19.6 Å². The maximum absolute atomic E-state index is 12.9. The summed E-state index contributed by atoms with van der Waals surface area (Å²) in [7, 11) is 0. The summed E-state index contributed by atoms with van der Waals surface area (Å²) in [5.41, 5.74) is 2.63. The van der Waals surface area contributed by atoms with Crippen molar-refractivity contribution in [3.05, 3.63) is 35.4 Å². The molecular formula is C20H26F2N2O2. The van der Waals surface area contributed by atoms with Crippen molar-refractivity contribution in [3.63, 3.8) is 0 Å².